The van der Waals surface area contributed by atoms with Crippen molar-refractivity contribution in [1.82, 2.24) is 0 Å². The molecule has 0 aromatic heterocycles. The van der Waals surface area contributed by atoms with Crippen LogP contribution in [-0.4, -0.2) is 0 Å². The Bertz CT molecular complexity index is 129. The molecule has 0 bridgehead atoms. The number of rotatable bonds is 0. The van der Waals surface area contributed by atoms with Crippen LogP contribution in [0.4, 0.5) is 0 Å². The van der Waals surface area contributed by atoms with Gasteiger partial charge in [0.25, 0.3) is 0 Å². The second-order valence-electron chi connectivity index (χ2n) is 2.09. The minimum atomic E-state index is 0.497. The number of hydrogen-bond donors (Lipinski definition) is 0. The van der Waals surface area contributed by atoms with Gasteiger partial charge >= 0.3 is 0 Å². The maximum atomic E-state index is 3.13. The van der Waals surface area contributed by atoms with Crippen LogP contribution in [0, 0.1) is 18.4 Å². The van der Waals surface area contributed by atoms with E-state index in [1.165, 1.54) is 5.57 Å². The van der Waals surface area contributed by atoms with Crippen LogP contribution in [0.15, 0.2) is 17.7 Å². The predicted octanol–water partition coefficient (Wildman–Crippen LogP) is 2.02. The summed E-state index contributed by atoms with van der Waals surface area (Å²) in [5.74, 6) is 0.497. The lowest BCUT2D eigenvalue weighted by atomic mass is 9.95. The first-order chi connectivity index (χ1) is 3.80. The van der Waals surface area contributed by atoms with Crippen LogP contribution in [-0.2, 0) is 0 Å². The fraction of sp³-hybridized carbons (Fsp3) is 0.375. The highest BCUT2D eigenvalue weighted by Gasteiger charge is 2.03. The van der Waals surface area contributed by atoms with Crippen molar-refractivity contribution in [3.05, 3.63) is 30.2 Å². The summed E-state index contributed by atoms with van der Waals surface area (Å²) < 4.78 is 0. The van der Waals surface area contributed by atoms with Crippen LogP contribution in [0.1, 0.15) is 13.8 Å². The Kier molecular flexibility index (Phi) is 1.52. The SMILES string of the molecule is CC1=C[C]=C[C]C1C. The fourth-order valence-electron chi connectivity index (χ4n) is 0.603. The average molecular weight is 105 g/mol. The first-order valence-corrected chi connectivity index (χ1v) is 2.81. The summed E-state index contributed by atoms with van der Waals surface area (Å²) in [7, 11) is 0. The highest BCUT2D eigenvalue weighted by Crippen LogP contribution is 2.16. The average Bonchev–Trinajstić information content (AvgIpc) is 1.77. The van der Waals surface area contributed by atoms with E-state index in [2.05, 4.69) is 26.3 Å². The summed E-state index contributed by atoms with van der Waals surface area (Å²) in [6.45, 7) is 4.22. The third kappa shape index (κ3) is 1.00. The van der Waals surface area contributed by atoms with Gasteiger partial charge in [-0.15, -0.1) is 0 Å². The molecule has 0 saturated heterocycles. The molecule has 0 aliphatic heterocycles. The summed E-state index contributed by atoms with van der Waals surface area (Å²) in [5, 5.41) is 0. The van der Waals surface area contributed by atoms with Gasteiger partial charge in [0.15, 0.2) is 0 Å². The third-order valence-corrected chi connectivity index (χ3v) is 1.41. The Morgan fingerprint density at radius 2 is 2.38 bits per heavy atom. The molecule has 0 amide bonds. The molecule has 1 rings (SSSR count). The molecule has 0 nitrogen and oxygen atoms in total. The third-order valence-electron chi connectivity index (χ3n) is 1.41. The van der Waals surface area contributed by atoms with Crippen LogP contribution in [0.25, 0.3) is 0 Å². The molecule has 0 aromatic rings. The Labute approximate surface area is 50.9 Å². The lowest BCUT2D eigenvalue weighted by Gasteiger charge is -2.09. The predicted molar refractivity (Wildman–Crippen MR) is 34.0 cm³/mol. The maximum Gasteiger partial charge on any atom is 0.0165 e. The van der Waals surface area contributed by atoms with E-state index in [-0.39, 0.29) is 0 Å². The molecule has 8 heavy (non-hydrogen) atoms. The van der Waals surface area contributed by atoms with E-state index in [0.29, 0.717) is 5.92 Å². The van der Waals surface area contributed by atoms with Crippen molar-refractivity contribution in [2.75, 3.05) is 0 Å². The quantitative estimate of drug-likeness (QED) is 0.442. The summed E-state index contributed by atoms with van der Waals surface area (Å²) in [4.78, 5) is 0. The Morgan fingerprint density at radius 1 is 1.62 bits per heavy atom. The first kappa shape index (κ1) is 5.61. The highest BCUT2D eigenvalue weighted by atomic mass is 14.1. The Morgan fingerprint density at radius 3 is 2.75 bits per heavy atom. The van der Waals surface area contributed by atoms with Crippen molar-refractivity contribution in [2.45, 2.75) is 13.8 Å². The lowest BCUT2D eigenvalue weighted by Crippen LogP contribution is -1.97. The van der Waals surface area contributed by atoms with E-state index in [0.717, 1.165) is 0 Å². The smallest absolute Gasteiger partial charge is 0.0165 e. The van der Waals surface area contributed by atoms with Gasteiger partial charge in [0.1, 0.15) is 0 Å². The Balaban J connectivity index is 2.66. The van der Waals surface area contributed by atoms with Gasteiger partial charge in [0.05, 0.1) is 0 Å². The second kappa shape index (κ2) is 2.17. The molecule has 1 atom stereocenters. The van der Waals surface area contributed by atoms with Gasteiger partial charge < -0.3 is 0 Å². The van der Waals surface area contributed by atoms with E-state index in [1.807, 2.05) is 12.2 Å². The van der Waals surface area contributed by atoms with Gasteiger partial charge in [-0.25, -0.2) is 0 Å². The van der Waals surface area contributed by atoms with Crippen molar-refractivity contribution in [2.24, 2.45) is 5.92 Å². The molecule has 0 spiro atoms. The molecule has 0 fully saturated rings. The van der Waals surface area contributed by atoms with Crippen LogP contribution in [0.2, 0.25) is 0 Å². The largest absolute Gasteiger partial charge is 0.0690 e. The topological polar surface area (TPSA) is 0 Å². The van der Waals surface area contributed by atoms with Gasteiger partial charge in [-0.1, -0.05) is 24.6 Å². The van der Waals surface area contributed by atoms with Crippen LogP contribution >= 0.6 is 0 Å². The summed E-state index contributed by atoms with van der Waals surface area (Å²) in [6.07, 6.45) is 9.94. The van der Waals surface area contributed by atoms with E-state index in [1.54, 1.807) is 0 Å². The van der Waals surface area contributed by atoms with Crippen molar-refractivity contribution in [3.8, 4) is 0 Å². The van der Waals surface area contributed by atoms with Crippen LogP contribution in [0.3, 0.4) is 0 Å². The second-order valence-corrected chi connectivity index (χ2v) is 2.09. The van der Waals surface area contributed by atoms with Gasteiger partial charge in [0, 0.05) is 6.42 Å². The molecule has 3 radical (unpaired) electrons. The highest BCUT2D eigenvalue weighted by molar-refractivity contribution is 5.20. The number of allylic oxidation sites excluding steroid dienone is 4. The summed E-state index contributed by atoms with van der Waals surface area (Å²) in [6, 6.07) is 0. The first-order valence-electron chi connectivity index (χ1n) is 2.81. The minimum Gasteiger partial charge on any atom is -0.0690 e. The van der Waals surface area contributed by atoms with E-state index in [9.17, 15) is 0 Å². The molecule has 41 valence electrons. The van der Waals surface area contributed by atoms with E-state index < -0.39 is 0 Å². The zero-order valence-corrected chi connectivity index (χ0v) is 5.23. The lowest BCUT2D eigenvalue weighted by molar-refractivity contribution is 0.807. The molecular weight excluding hydrogens is 96.1 g/mol. The van der Waals surface area contributed by atoms with Crippen molar-refractivity contribution in [3.63, 3.8) is 0 Å². The van der Waals surface area contributed by atoms with Crippen LogP contribution in [0.5, 0.6) is 0 Å². The van der Waals surface area contributed by atoms with Crippen molar-refractivity contribution >= 4 is 0 Å². The molecule has 0 heterocycles. The van der Waals surface area contributed by atoms with Gasteiger partial charge in [-0.2, -0.15) is 0 Å². The zero-order valence-electron chi connectivity index (χ0n) is 5.23. The van der Waals surface area contributed by atoms with Crippen molar-refractivity contribution in [1.29, 1.82) is 0 Å². The minimum absolute atomic E-state index is 0.497. The van der Waals surface area contributed by atoms with Gasteiger partial charge in [0.2, 0.25) is 0 Å². The summed E-state index contributed by atoms with van der Waals surface area (Å²) in [5.41, 5.74) is 1.34. The monoisotopic (exact) mass is 105 g/mol. The van der Waals surface area contributed by atoms with Crippen LogP contribution < -0.4 is 0 Å². The molecule has 1 aliphatic carbocycles. The van der Waals surface area contributed by atoms with E-state index in [4.69, 9.17) is 0 Å². The summed E-state index contributed by atoms with van der Waals surface area (Å²) >= 11 is 0. The number of hydrogen-bond acceptors (Lipinski definition) is 0. The molecule has 0 saturated carbocycles. The molecule has 1 aliphatic rings. The molecule has 1 unspecified atom stereocenters. The standard InChI is InChI=1S/C8H9/c1-7-5-3-4-6-8(7)2/h3,6-7H,1-2H3. The van der Waals surface area contributed by atoms with Crippen molar-refractivity contribution < 1.29 is 0 Å². The normalized spacial score (nSPS) is 27.8. The van der Waals surface area contributed by atoms with E-state index >= 15 is 0 Å². The Hall–Kier alpha value is -0.520. The molecule has 0 N–H and O–H groups in total. The van der Waals surface area contributed by atoms with Gasteiger partial charge in [-0.3, -0.25) is 0 Å². The molecule has 0 aromatic carbocycles. The zero-order chi connectivity index (χ0) is 5.98. The fourth-order valence-corrected chi connectivity index (χ4v) is 0.603. The maximum absolute atomic E-state index is 3.13. The molecular formula is C8H9. The molecule has 0 heteroatoms. The van der Waals surface area contributed by atoms with Gasteiger partial charge in [-0.05, 0) is 18.9 Å².